The fourth-order valence-corrected chi connectivity index (χ4v) is 3.46. The maximum atomic E-state index is 12.2. The number of aromatic nitrogens is 4. The third kappa shape index (κ3) is 2.21. The van der Waals surface area contributed by atoms with Crippen molar-refractivity contribution in [2.75, 3.05) is 31.1 Å². The Hall–Kier alpha value is -2.48. The Morgan fingerprint density at radius 2 is 1.95 bits per heavy atom. The lowest BCUT2D eigenvalue weighted by Crippen LogP contribution is -2.50. The van der Waals surface area contributed by atoms with E-state index >= 15 is 0 Å². The molecule has 0 saturated carbocycles. The molecular weight excluding hydrogens is 300 g/mol. The van der Waals surface area contributed by atoms with Crippen LogP contribution >= 0.6 is 11.5 Å². The van der Waals surface area contributed by atoms with Gasteiger partial charge in [-0.2, -0.15) is 9.06 Å². The van der Waals surface area contributed by atoms with Crippen molar-refractivity contribution in [3.05, 3.63) is 36.7 Å². The molecule has 22 heavy (non-hydrogen) atoms. The summed E-state index contributed by atoms with van der Waals surface area (Å²) in [6.45, 7) is 2.86. The van der Waals surface area contributed by atoms with E-state index < -0.39 is 0 Å². The lowest BCUT2D eigenvalue weighted by molar-refractivity contribution is 0.192. The fourth-order valence-electron chi connectivity index (χ4n) is 2.67. The summed E-state index contributed by atoms with van der Waals surface area (Å²) in [5.74, 6) is 1.02. The van der Waals surface area contributed by atoms with Gasteiger partial charge < -0.3 is 9.80 Å². The second-order valence-corrected chi connectivity index (χ2v) is 5.91. The molecule has 8 heteroatoms. The zero-order valence-corrected chi connectivity index (χ0v) is 12.6. The first-order valence-electron chi connectivity index (χ1n) is 7.08. The summed E-state index contributed by atoms with van der Waals surface area (Å²) < 4.78 is 7.04. The van der Waals surface area contributed by atoms with Crippen molar-refractivity contribution < 1.29 is 4.79 Å². The van der Waals surface area contributed by atoms with Crippen LogP contribution in [0.4, 0.5) is 10.6 Å². The third-order valence-corrected chi connectivity index (χ3v) is 4.64. The second-order valence-electron chi connectivity index (χ2n) is 5.11. The maximum Gasteiger partial charge on any atom is 0.346 e. The monoisotopic (exact) mass is 314 g/mol. The van der Waals surface area contributed by atoms with E-state index in [1.54, 1.807) is 11.1 Å². The molecule has 7 nitrogen and oxygen atoms in total. The molecule has 0 atom stereocenters. The van der Waals surface area contributed by atoms with Crippen LogP contribution in [0.25, 0.3) is 10.1 Å². The Balaban J connectivity index is 1.49. The van der Waals surface area contributed by atoms with Crippen LogP contribution in [0.2, 0.25) is 0 Å². The highest BCUT2D eigenvalue weighted by atomic mass is 32.1. The summed E-state index contributed by atoms with van der Waals surface area (Å²) in [5.41, 5.74) is 0. The van der Waals surface area contributed by atoms with Crippen molar-refractivity contribution in [2.24, 2.45) is 0 Å². The Morgan fingerprint density at radius 1 is 1.14 bits per heavy atom. The molecule has 0 aliphatic carbocycles. The molecule has 1 amide bonds. The molecule has 4 rings (SSSR count). The Labute approximate surface area is 130 Å². The molecule has 0 N–H and O–H groups in total. The minimum absolute atomic E-state index is 0.125. The molecule has 2 aromatic heterocycles. The average Bonchev–Trinajstić information content (AvgIpc) is 3.24. The van der Waals surface area contributed by atoms with Gasteiger partial charge in [0.1, 0.15) is 5.82 Å². The average molecular weight is 314 g/mol. The summed E-state index contributed by atoms with van der Waals surface area (Å²) in [6.07, 6.45) is 3.08. The zero-order chi connectivity index (χ0) is 14.9. The van der Waals surface area contributed by atoms with E-state index in [-0.39, 0.29) is 6.03 Å². The highest BCUT2D eigenvalue weighted by molar-refractivity contribution is 7.13. The molecule has 1 saturated heterocycles. The summed E-state index contributed by atoms with van der Waals surface area (Å²) in [6, 6.07) is 8.12. The van der Waals surface area contributed by atoms with Crippen molar-refractivity contribution in [2.45, 2.75) is 0 Å². The molecule has 3 aromatic rings. The van der Waals surface area contributed by atoms with Crippen molar-refractivity contribution in [1.29, 1.82) is 0 Å². The van der Waals surface area contributed by atoms with Gasteiger partial charge in [-0.25, -0.2) is 4.79 Å². The number of hydrogen-bond donors (Lipinski definition) is 0. The maximum absolute atomic E-state index is 12.2. The predicted molar refractivity (Wildman–Crippen MR) is 84.2 cm³/mol. The van der Waals surface area contributed by atoms with E-state index in [1.807, 2.05) is 12.1 Å². The zero-order valence-electron chi connectivity index (χ0n) is 11.8. The van der Waals surface area contributed by atoms with E-state index in [0.29, 0.717) is 13.1 Å². The van der Waals surface area contributed by atoms with Crippen LogP contribution in [0.5, 0.6) is 0 Å². The van der Waals surface area contributed by atoms with Crippen LogP contribution < -0.4 is 4.90 Å². The van der Waals surface area contributed by atoms with Gasteiger partial charge in [-0.05, 0) is 23.7 Å². The third-order valence-electron chi connectivity index (χ3n) is 3.83. The number of hydrogen-bond acceptors (Lipinski definition) is 6. The van der Waals surface area contributed by atoms with Crippen molar-refractivity contribution >= 4 is 33.5 Å². The number of carbonyl (C=O) groups excluding carboxylic acids is 1. The smallest absolute Gasteiger partial charge is 0.346 e. The van der Waals surface area contributed by atoms with Gasteiger partial charge >= 0.3 is 6.03 Å². The molecule has 1 fully saturated rings. The van der Waals surface area contributed by atoms with Crippen LogP contribution in [-0.4, -0.2) is 56.5 Å². The lowest BCUT2D eigenvalue weighted by Gasteiger charge is -2.34. The van der Waals surface area contributed by atoms with Gasteiger partial charge in [0.15, 0.2) is 0 Å². The molecule has 112 valence electrons. The molecule has 0 radical (unpaired) electrons. The number of rotatable bonds is 1. The molecule has 3 heterocycles. The van der Waals surface area contributed by atoms with Crippen LogP contribution in [-0.2, 0) is 0 Å². The van der Waals surface area contributed by atoms with Gasteiger partial charge in [-0.15, -0.1) is 5.10 Å². The van der Waals surface area contributed by atoms with Gasteiger partial charge in [-0.1, -0.05) is 17.3 Å². The Bertz CT molecular complexity index is 791. The van der Waals surface area contributed by atoms with Gasteiger partial charge in [0.2, 0.25) is 0 Å². The van der Waals surface area contributed by atoms with Crippen molar-refractivity contribution in [1.82, 2.24) is 24.3 Å². The first kappa shape index (κ1) is 13.2. The molecule has 0 bridgehead atoms. The minimum Gasteiger partial charge on any atom is -0.352 e. The second kappa shape index (κ2) is 5.38. The first-order chi connectivity index (χ1) is 10.8. The number of anilines is 1. The standard InChI is InChI=1S/C14H14N6OS/c21-14(20-6-5-15-17-20)19-9-7-18(8-10-19)13-11-3-1-2-4-12(11)22-16-13/h1-6H,7-10H2. The van der Waals surface area contributed by atoms with E-state index in [2.05, 4.69) is 31.7 Å². The molecule has 0 unspecified atom stereocenters. The van der Waals surface area contributed by atoms with Gasteiger partial charge in [0.25, 0.3) is 0 Å². The molecular formula is C14H14N6OS. The minimum atomic E-state index is -0.125. The summed E-state index contributed by atoms with van der Waals surface area (Å²) >= 11 is 1.52. The summed E-state index contributed by atoms with van der Waals surface area (Å²) in [4.78, 5) is 16.3. The van der Waals surface area contributed by atoms with Crippen LogP contribution in [0, 0.1) is 0 Å². The Morgan fingerprint density at radius 3 is 2.73 bits per heavy atom. The Kier molecular flexibility index (Phi) is 3.23. The SMILES string of the molecule is O=C(N1CCN(c2nsc3ccccc23)CC1)n1ccnn1. The van der Waals surface area contributed by atoms with E-state index in [1.165, 1.54) is 32.5 Å². The van der Waals surface area contributed by atoms with Gasteiger partial charge in [-0.3, -0.25) is 0 Å². The highest BCUT2D eigenvalue weighted by Crippen LogP contribution is 2.29. The number of carbonyl (C=O) groups is 1. The van der Waals surface area contributed by atoms with E-state index in [0.717, 1.165) is 18.9 Å². The molecule has 0 spiro atoms. The summed E-state index contributed by atoms with van der Waals surface area (Å²) in [5, 5.41) is 8.61. The van der Waals surface area contributed by atoms with Crippen molar-refractivity contribution in [3.8, 4) is 0 Å². The molecule has 1 aliphatic rings. The first-order valence-corrected chi connectivity index (χ1v) is 7.85. The quantitative estimate of drug-likeness (QED) is 0.683. The lowest BCUT2D eigenvalue weighted by atomic mass is 10.2. The van der Waals surface area contributed by atoms with Crippen molar-refractivity contribution in [3.63, 3.8) is 0 Å². The number of nitrogens with zero attached hydrogens (tertiary/aromatic N) is 6. The van der Waals surface area contributed by atoms with Gasteiger partial charge in [0, 0.05) is 31.6 Å². The normalized spacial score (nSPS) is 15.5. The van der Waals surface area contributed by atoms with Crippen LogP contribution in [0.15, 0.2) is 36.7 Å². The van der Waals surface area contributed by atoms with E-state index in [9.17, 15) is 4.79 Å². The molecule has 1 aliphatic heterocycles. The summed E-state index contributed by atoms with van der Waals surface area (Å²) in [7, 11) is 0. The number of benzene rings is 1. The predicted octanol–water partition coefficient (Wildman–Crippen LogP) is 1.68. The van der Waals surface area contributed by atoms with E-state index in [4.69, 9.17) is 0 Å². The molecule has 1 aromatic carbocycles. The van der Waals surface area contributed by atoms with Gasteiger partial charge in [0.05, 0.1) is 17.1 Å². The highest BCUT2D eigenvalue weighted by Gasteiger charge is 2.24. The number of amides is 1. The van der Waals surface area contributed by atoms with Crippen LogP contribution in [0.3, 0.4) is 0 Å². The largest absolute Gasteiger partial charge is 0.352 e. The fraction of sp³-hybridized carbons (Fsp3) is 0.286. The topological polar surface area (TPSA) is 67.2 Å². The van der Waals surface area contributed by atoms with Crippen LogP contribution in [0.1, 0.15) is 0 Å². The number of fused-ring (bicyclic) bond motifs is 1. The number of piperazine rings is 1.